The van der Waals surface area contributed by atoms with Crippen molar-refractivity contribution in [2.75, 3.05) is 0 Å². The van der Waals surface area contributed by atoms with Crippen LogP contribution in [0.4, 0.5) is 0 Å². The number of hydrogen-bond donors (Lipinski definition) is 0. The lowest BCUT2D eigenvalue weighted by Gasteiger charge is -2.43. The van der Waals surface area contributed by atoms with E-state index in [1.165, 1.54) is 0 Å². The van der Waals surface area contributed by atoms with Crippen LogP contribution >= 0.6 is 0 Å². The van der Waals surface area contributed by atoms with Crippen molar-refractivity contribution in [1.82, 2.24) is 0 Å². The first-order valence-electron chi connectivity index (χ1n) is 6.16. The van der Waals surface area contributed by atoms with Gasteiger partial charge in [-0.3, -0.25) is 4.79 Å². The number of Topliss-reactive ketones (excluding diaryl/α,β-unsaturated/α-hetero) is 1. The van der Waals surface area contributed by atoms with E-state index in [2.05, 4.69) is 33.9 Å². The monoisotopic (exact) mass is 220 g/mol. The topological polar surface area (TPSA) is 17.1 Å². The van der Waals surface area contributed by atoms with E-state index in [4.69, 9.17) is 0 Å². The molecule has 0 aliphatic heterocycles. The molecule has 0 aromatic carbocycles. The lowest BCUT2D eigenvalue weighted by molar-refractivity contribution is -0.133. The molecule has 90 valence electrons. The largest absolute Gasteiger partial charge is 0.299 e. The molecule has 0 aromatic heterocycles. The molecule has 0 N–H and O–H groups in total. The Kier molecular flexibility index (Phi) is 3.77. The van der Waals surface area contributed by atoms with Gasteiger partial charge in [0.25, 0.3) is 0 Å². The van der Waals surface area contributed by atoms with Gasteiger partial charge in [-0.25, -0.2) is 0 Å². The average Bonchev–Trinajstić information content (AvgIpc) is 2.16. The van der Waals surface area contributed by atoms with Crippen LogP contribution in [-0.2, 0) is 4.79 Å². The summed E-state index contributed by atoms with van der Waals surface area (Å²) in [5, 5.41) is 0. The molecule has 3 atom stereocenters. The molecule has 1 nitrogen and oxygen atoms in total. The zero-order chi connectivity index (χ0) is 12.5. The van der Waals surface area contributed by atoms with Crippen molar-refractivity contribution >= 4 is 5.78 Å². The summed E-state index contributed by atoms with van der Waals surface area (Å²) in [7, 11) is 0. The van der Waals surface area contributed by atoms with Crippen LogP contribution in [0, 0.1) is 23.2 Å². The van der Waals surface area contributed by atoms with Crippen LogP contribution in [0.25, 0.3) is 0 Å². The first kappa shape index (κ1) is 13.2. The fourth-order valence-corrected chi connectivity index (χ4v) is 2.98. The van der Waals surface area contributed by atoms with Gasteiger partial charge in [0, 0.05) is 11.8 Å². The Morgan fingerprint density at radius 1 is 1.56 bits per heavy atom. The molecule has 1 rings (SSSR count). The summed E-state index contributed by atoms with van der Waals surface area (Å²) in [6.07, 6.45) is 3.98. The van der Waals surface area contributed by atoms with E-state index in [1.807, 2.05) is 13.0 Å². The van der Waals surface area contributed by atoms with Gasteiger partial charge < -0.3 is 0 Å². The first-order chi connectivity index (χ1) is 7.33. The van der Waals surface area contributed by atoms with Crippen LogP contribution in [0.2, 0.25) is 0 Å². The van der Waals surface area contributed by atoms with E-state index < -0.39 is 0 Å². The zero-order valence-electron chi connectivity index (χ0n) is 11.0. The summed E-state index contributed by atoms with van der Waals surface area (Å²) in [6, 6.07) is 0. The van der Waals surface area contributed by atoms with Crippen molar-refractivity contribution in [2.45, 2.75) is 40.5 Å². The number of allylic oxidation sites excluding steroid dienone is 2. The lowest BCUT2D eigenvalue weighted by atomic mass is 9.60. The molecule has 16 heavy (non-hydrogen) atoms. The SMILES string of the molecule is C=C[C@]1(C)CC[C@H](C(C)C)C(=O)[C@@H]1C(=C)C. The van der Waals surface area contributed by atoms with E-state index in [9.17, 15) is 4.79 Å². The normalized spacial score (nSPS) is 35.2. The Hall–Kier alpha value is -0.850. The maximum Gasteiger partial charge on any atom is 0.144 e. The summed E-state index contributed by atoms with van der Waals surface area (Å²) >= 11 is 0. The van der Waals surface area contributed by atoms with Gasteiger partial charge in [-0.1, -0.05) is 39.0 Å². The molecule has 0 radical (unpaired) electrons. The fourth-order valence-electron chi connectivity index (χ4n) is 2.98. The molecule has 1 aliphatic rings. The molecule has 1 aliphatic carbocycles. The van der Waals surface area contributed by atoms with Crippen LogP contribution < -0.4 is 0 Å². The minimum atomic E-state index is -0.0890. The third kappa shape index (κ3) is 2.14. The van der Waals surface area contributed by atoms with Crippen LogP contribution in [0.15, 0.2) is 24.8 Å². The van der Waals surface area contributed by atoms with Gasteiger partial charge in [-0.05, 0) is 31.1 Å². The van der Waals surface area contributed by atoms with Crippen LogP contribution in [-0.4, -0.2) is 5.78 Å². The fraction of sp³-hybridized carbons (Fsp3) is 0.667. The van der Waals surface area contributed by atoms with Crippen LogP contribution in [0.3, 0.4) is 0 Å². The highest BCUT2D eigenvalue weighted by atomic mass is 16.1. The van der Waals surface area contributed by atoms with E-state index in [0.29, 0.717) is 11.7 Å². The van der Waals surface area contributed by atoms with Gasteiger partial charge in [0.1, 0.15) is 5.78 Å². The Morgan fingerprint density at radius 3 is 2.50 bits per heavy atom. The van der Waals surface area contributed by atoms with Crippen molar-refractivity contribution in [3.05, 3.63) is 24.8 Å². The molecule has 1 fully saturated rings. The summed E-state index contributed by atoms with van der Waals surface area (Å²) in [6.45, 7) is 16.3. The summed E-state index contributed by atoms with van der Waals surface area (Å²) in [5.74, 6) is 0.973. The van der Waals surface area contributed by atoms with Gasteiger partial charge in [-0.15, -0.1) is 6.58 Å². The molecule has 0 bridgehead atoms. The molecule has 0 heterocycles. The highest BCUT2D eigenvalue weighted by Gasteiger charge is 2.45. The second-order valence-corrected chi connectivity index (χ2v) is 5.78. The summed E-state index contributed by atoms with van der Waals surface area (Å²) in [5.41, 5.74) is 0.895. The molecule has 0 amide bonds. The Labute approximate surface area is 99.6 Å². The maximum absolute atomic E-state index is 12.5. The Balaban J connectivity index is 3.06. The zero-order valence-corrected chi connectivity index (χ0v) is 11.0. The highest BCUT2D eigenvalue weighted by Crippen LogP contribution is 2.46. The number of hydrogen-bond acceptors (Lipinski definition) is 1. The molecule has 0 saturated heterocycles. The van der Waals surface area contributed by atoms with Gasteiger partial charge in [0.05, 0.1) is 0 Å². The molecule has 1 saturated carbocycles. The first-order valence-corrected chi connectivity index (χ1v) is 6.16. The number of carbonyl (C=O) groups is 1. The molecule has 0 spiro atoms. The minimum absolute atomic E-state index is 0.0360. The molecule has 1 heteroatoms. The molecular weight excluding hydrogens is 196 g/mol. The number of ketones is 1. The molecular formula is C15H24O. The predicted octanol–water partition coefficient (Wildman–Crippen LogP) is 4.01. The predicted molar refractivity (Wildman–Crippen MR) is 69.2 cm³/mol. The van der Waals surface area contributed by atoms with Crippen molar-refractivity contribution in [3.8, 4) is 0 Å². The number of carbonyl (C=O) groups excluding carboxylic acids is 1. The van der Waals surface area contributed by atoms with E-state index in [-0.39, 0.29) is 17.3 Å². The Bertz CT molecular complexity index is 313. The maximum atomic E-state index is 12.5. The third-order valence-electron chi connectivity index (χ3n) is 4.07. The standard InChI is InChI=1S/C15H24O/c1-7-15(6)9-8-12(10(2)3)14(16)13(15)11(4)5/h7,10,12-13H,1,4,8-9H2,2-3,5-6H3/t12-,13+,15-/m1/s1. The van der Waals surface area contributed by atoms with Gasteiger partial charge in [0.2, 0.25) is 0 Å². The van der Waals surface area contributed by atoms with Crippen molar-refractivity contribution < 1.29 is 4.79 Å². The van der Waals surface area contributed by atoms with Gasteiger partial charge in [-0.2, -0.15) is 0 Å². The second kappa shape index (κ2) is 4.57. The van der Waals surface area contributed by atoms with Crippen molar-refractivity contribution in [2.24, 2.45) is 23.2 Å². The average molecular weight is 220 g/mol. The molecule has 0 aromatic rings. The van der Waals surface area contributed by atoms with E-state index in [0.717, 1.165) is 18.4 Å². The van der Waals surface area contributed by atoms with Crippen LogP contribution in [0.5, 0.6) is 0 Å². The van der Waals surface area contributed by atoms with Crippen molar-refractivity contribution in [1.29, 1.82) is 0 Å². The van der Waals surface area contributed by atoms with Gasteiger partial charge in [0.15, 0.2) is 0 Å². The van der Waals surface area contributed by atoms with Crippen LogP contribution in [0.1, 0.15) is 40.5 Å². The Morgan fingerprint density at radius 2 is 2.12 bits per heavy atom. The lowest BCUT2D eigenvalue weighted by Crippen LogP contribution is -2.43. The van der Waals surface area contributed by atoms with E-state index >= 15 is 0 Å². The smallest absolute Gasteiger partial charge is 0.144 e. The van der Waals surface area contributed by atoms with Crippen molar-refractivity contribution in [3.63, 3.8) is 0 Å². The number of rotatable bonds is 3. The van der Waals surface area contributed by atoms with Gasteiger partial charge >= 0.3 is 0 Å². The highest BCUT2D eigenvalue weighted by molar-refractivity contribution is 5.88. The summed E-state index contributed by atoms with van der Waals surface area (Å²) in [4.78, 5) is 12.5. The van der Waals surface area contributed by atoms with E-state index in [1.54, 1.807) is 0 Å². The summed E-state index contributed by atoms with van der Waals surface area (Å²) < 4.78 is 0. The minimum Gasteiger partial charge on any atom is -0.299 e. The third-order valence-corrected chi connectivity index (χ3v) is 4.07. The second-order valence-electron chi connectivity index (χ2n) is 5.78. The quantitative estimate of drug-likeness (QED) is 0.657. The molecule has 0 unspecified atom stereocenters.